The molecule has 0 N–H and O–H groups in total. The van der Waals surface area contributed by atoms with Gasteiger partial charge < -0.3 is 0 Å². The van der Waals surface area contributed by atoms with E-state index in [2.05, 4.69) is 11.4 Å². The van der Waals surface area contributed by atoms with Gasteiger partial charge in [0.1, 0.15) is 0 Å². The Morgan fingerprint density at radius 1 is 1.11 bits per heavy atom. The van der Waals surface area contributed by atoms with Crippen LogP contribution in [0.4, 0.5) is 5.69 Å². The van der Waals surface area contributed by atoms with Gasteiger partial charge in [0.2, 0.25) is 0 Å². The number of rotatable bonds is 0. The summed E-state index contributed by atoms with van der Waals surface area (Å²) in [5.74, 6) is 0. The number of nitrogens with zero attached hydrogens (tertiary/aromatic N) is 1. The molecule has 0 spiro atoms. The first-order valence-electron chi connectivity index (χ1n) is 2.93. The molecule has 0 aliphatic carbocycles. The Hall–Kier alpha value is -1.24. The highest BCUT2D eigenvalue weighted by molar-refractivity contribution is 5.68. The molecule has 0 saturated heterocycles. The van der Waals surface area contributed by atoms with E-state index in [1.54, 1.807) is 0 Å². The van der Waals surface area contributed by atoms with Gasteiger partial charge in [0.05, 0.1) is 5.69 Å². The van der Waals surface area contributed by atoms with Gasteiger partial charge >= 0.3 is 0 Å². The molecular formula is C8H6N. The van der Waals surface area contributed by atoms with Crippen molar-refractivity contribution in [2.75, 3.05) is 0 Å². The van der Waals surface area contributed by atoms with Crippen LogP contribution < -0.4 is 5.32 Å². The summed E-state index contributed by atoms with van der Waals surface area (Å²) in [4.78, 5) is 0. The lowest BCUT2D eigenvalue weighted by Gasteiger charge is -1.92. The van der Waals surface area contributed by atoms with E-state index in [0.717, 1.165) is 5.69 Å². The maximum Gasteiger partial charge on any atom is 0.0702 e. The minimum Gasteiger partial charge on any atom is -0.256 e. The quantitative estimate of drug-likeness (QED) is 0.491. The summed E-state index contributed by atoms with van der Waals surface area (Å²) in [7, 11) is 0. The van der Waals surface area contributed by atoms with Crippen molar-refractivity contribution in [2.45, 2.75) is 0 Å². The summed E-state index contributed by atoms with van der Waals surface area (Å²) < 4.78 is 0. The van der Waals surface area contributed by atoms with Crippen molar-refractivity contribution < 1.29 is 0 Å². The third-order valence-corrected chi connectivity index (χ3v) is 1.40. The Morgan fingerprint density at radius 2 is 2.00 bits per heavy atom. The number of para-hydroxylation sites is 1. The zero-order chi connectivity index (χ0) is 6.10. The normalized spacial score (nSPS) is 12.9. The Labute approximate surface area is 54.0 Å². The molecule has 43 valence electrons. The van der Waals surface area contributed by atoms with Crippen LogP contribution in [0.3, 0.4) is 0 Å². The molecule has 1 nitrogen and oxygen atoms in total. The maximum atomic E-state index is 4.12. The first-order chi connectivity index (χ1) is 4.47. The molecule has 1 aromatic carbocycles. The minimum atomic E-state index is 1.08. The average Bonchev–Trinajstić information content (AvgIpc) is 2.33. The Kier molecular flexibility index (Phi) is 0.833. The fraction of sp³-hybridized carbons (Fsp3) is 0. The summed E-state index contributed by atoms with van der Waals surface area (Å²) in [6.45, 7) is 0. The van der Waals surface area contributed by atoms with Crippen molar-refractivity contribution in [2.24, 2.45) is 0 Å². The molecule has 1 heteroatoms. The molecule has 0 aromatic heterocycles. The highest BCUT2D eigenvalue weighted by Gasteiger charge is 2.01. The molecule has 0 unspecified atom stereocenters. The molecule has 0 saturated carbocycles. The molecular weight excluding hydrogens is 110 g/mol. The van der Waals surface area contributed by atoms with Gasteiger partial charge in [-0.25, -0.2) is 0 Å². The lowest BCUT2D eigenvalue weighted by Crippen LogP contribution is -1.78. The lowest BCUT2D eigenvalue weighted by atomic mass is 10.2. The number of hydrogen-bond acceptors (Lipinski definition) is 0. The summed E-state index contributed by atoms with van der Waals surface area (Å²) in [6.07, 6.45) is 3.83. The molecule has 0 fully saturated rings. The SMILES string of the molecule is C1=Cc2ccccc2[N]1. The molecule has 0 atom stereocenters. The number of hydrogen-bond donors (Lipinski definition) is 0. The van der Waals surface area contributed by atoms with Gasteiger partial charge in [-0.1, -0.05) is 18.2 Å². The lowest BCUT2D eigenvalue weighted by molar-refractivity contribution is 1.22. The van der Waals surface area contributed by atoms with Gasteiger partial charge in [0.25, 0.3) is 0 Å². The Bertz CT molecular complexity index is 250. The second-order valence-electron chi connectivity index (χ2n) is 2.00. The summed E-state index contributed by atoms with van der Waals surface area (Å²) in [5, 5.41) is 4.12. The molecule has 9 heavy (non-hydrogen) atoms. The maximum absolute atomic E-state index is 4.12. The van der Waals surface area contributed by atoms with Gasteiger partial charge in [-0.2, -0.15) is 0 Å². The summed E-state index contributed by atoms with van der Waals surface area (Å²) in [6, 6.07) is 8.08. The van der Waals surface area contributed by atoms with Crippen molar-refractivity contribution in [3.05, 3.63) is 36.0 Å². The third kappa shape index (κ3) is 0.617. The van der Waals surface area contributed by atoms with E-state index in [4.69, 9.17) is 0 Å². The van der Waals surface area contributed by atoms with Gasteiger partial charge in [0.15, 0.2) is 0 Å². The van der Waals surface area contributed by atoms with Gasteiger partial charge in [-0.15, -0.1) is 0 Å². The minimum absolute atomic E-state index is 1.08. The van der Waals surface area contributed by atoms with Crippen LogP contribution in [-0.4, -0.2) is 0 Å². The zero-order valence-electron chi connectivity index (χ0n) is 4.91. The van der Waals surface area contributed by atoms with Gasteiger partial charge in [-0.05, 0) is 12.1 Å². The van der Waals surface area contributed by atoms with E-state index in [0.29, 0.717) is 0 Å². The van der Waals surface area contributed by atoms with Crippen LogP contribution in [-0.2, 0) is 0 Å². The number of fused-ring (bicyclic) bond motifs is 1. The van der Waals surface area contributed by atoms with Crippen LogP contribution in [0, 0.1) is 0 Å². The van der Waals surface area contributed by atoms with Crippen molar-refractivity contribution >= 4 is 11.8 Å². The highest BCUT2D eigenvalue weighted by Crippen LogP contribution is 2.21. The number of benzene rings is 1. The molecule has 1 radical (unpaired) electrons. The van der Waals surface area contributed by atoms with Crippen LogP contribution in [0.15, 0.2) is 30.5 Å². The monoisotopic (exact) mass is 116 g/mol. The largest absolute Gasteiger partial charge is 0.256 e. The fourth-order valence-corrected chi connectivity index (χ4v) is 0.944. The first kappa shape index (κ1) is 4.62. The van der Waals surface area contributed by atoms with Gasteiger partial charge in [-0.3, -0.25) is 5.32 Å². The summed E-state index contributed by atoms with van der Waals surface area (Å²) >= 11 is 0. The zero-order valence-corrected chi connectivity index (χ0v) is 4.91. The Morgan fingerprint density at radius 3 is 2.89 bits per heavy atom. The van der Waals surface area contributed by atoms with E-state index in [9.17, 15) is 0 Å². The molecule has 1 aromatic rings. The van der Waals surface area contributed by atoms with Crippen molar-refractivity contribution in [3.63, 3.8) is 0 Å². The summed E-state index contributed by atoms with van der Waals surface area (Å²) in [5.41, 5.74) is 2.30. The van der Waals surface area contributed by atoms with Crippen molar-refractivity contribution in [1.29, 1.82) is 0 Å². The van der Waals surface area contributed by atoms with Crippen LogP contribution in [0.2, 0.25) is 0 Å². The van der Waals surface area contributed by atoms with Crippen LogP contribution in [0.25, 0.3) is 6.08 Å². The van der Waals surface area contributed by atoms with Crippen molar-refractivity contribution in [3.8, 4) is 0 Å². The van der Waals surface area contributed by atoms with E-state index >= 15 is 0 Å². The topological polar surface area (TPSA) is 14.1 Å². The first-order valence-corrected chi connectivity index (χ1v) is 2.93. The van der Waals surface area contributed by atoms with Crippen LogP contribution in [0.5, 0.6) is 0 Å². The predicted molar refractivity (Wildman–Crippen MR) is 37.3 cm³/mol. The Balaban J connectivity index is 2.63. The van der Waals surface area contributed by atoms with E-state index in [1.807, 2.05) is 30.5 Å². The molecule has 1 heterocycles. The van der Waals surface area contributed by atoms with Crippen molar-refractivity contribution in [1.82, 2.24) is 5.32 Å². The van der Waals surface area contributed by atoms with E-state index < -0.39 is 0 Å². The molecule has 1 aliphatic heterocycles. The smallest absolute Gasteiger partial charge is 0.0702 e. The van der Waals surface area contributed by atoms with Crippen LogP contribution in [0.1, 0.15) is 5.56 Å². The highest BCUT2D eigenvalue weighted by atomic mass is 14.9. The fourth-order valence-electron chi connectivity index (χ4n) is 0.944. The van der Waals surface area contributed by atoms with E-state index in [1.165, 1.54) is 5.56 Å². The molecule has 0 amide bonds. The predicted octanol–water partition coefficient (Wildman–Crippen LogP) is 1.91. The third-order valence-electron chi connectivity index (χ3n) is 1.40. The van der Waals surface area contributed by atoms with Crippen LogP contribution >= 0.6 is 0 Å². The molecule has 1 aliphatic rings. The molecule has 2 rings (SSSR count). The average molecular weight is 116 g/mol. The molecule has 0 bridgehead atoms. The standard InChI is InChI=1S/C8H6N/c1-2-4-8-7(3-1)5-6-9-8/h1-6H. The van der Waals surface area contributed by atoms with Gasteiger partial charge in [0, 0.05) is 11.8 Å². The van der Waals surface area contributed by atoms with E-state index in [-0.39, 0.29) is 0 Å². The second-order valence-corrected chi connectivity index (χ2v) is 2.00. The second kappa shape index (κ2) is 1.62.